The Morgan fingerprint density at radius 3 is 2.44 bits per heavy atom. The molecular weight excluding hydrogens is 370 g/mol. The van der Waals surface area contributed by atoms with Gasteiger partial charge in [0.25, 0.3) is 5.91 Å². The number of hydrogen-bond donors (Lipinski definition) is 4. The van der Waals surface area contributed by atoms with E-state index in [-0.39, 0.29) is 30.3 Å². The first-order valence-electron chi connectivity index (χ1n) is 8.91. The van der Waals surface area contributed by atoms with Crippen LogP contribution in [0.2, 0.25) is 0 Å². The van der Waals surface area contributed by atoms with E-state index in [1.54, 1.807) is 24.3 Å². The van der Waals surface area contributed by atoms with Crippen molar-refractivity contribution in [3.05, 3.63) is 35.4 Å². The number of nitrogens with zero attached hydrogens (tertiary/aromatic N) is 1. The van der Waals surface area contributed by atoms with Crippen LogP contribution in [0, 0.1) is 0 Å². The van der Waals surface area contributed by atoms with Crippen LogP contribution in [0.3, 0.4) is 0 Å². The van der Waals surface area contributed by atoms with Crippen molar-refractivity contribution in [3.63, 3.8) is 0 Å². The lowest BCUT2D eigenvalue weighted by atomic mass is 10.00. The second kappa shape index (κ2) is 11.4. The van der Waals surface area contributed by atoms with E-state index in [0.29, 0.717) is 38.2 Å². The molecule has 0 spiro atoms. The number of likely N-dealkylation sites (tertiary alicyclic amines) is 1. The molecule has 1 aliphatic rings. The van der Waals surface area contributed by atoms with Crippen LogP contribution in [0.1, 0.15) is 41.6 Å². The van der Waals surface area contributed by atoms with Crippen molar-refractivity contribution in [1.29, 1.82) is 0 Å². The first-order valence-corrected chi connectivity index (χ1v) is 8.91. The summed E-state index contributed by atoms with van der Waals surface area (Å²) in [6, 6.07) is 6.50. The highest BCUT2D eigenvalue weighted by molar-refractivity contribution is 5.94. The summed E-state index contributed by atoms with van der Waals surface area (Å²) in [4.78, 5) is 37.1. The van der Waals surface area contributed by atoms with Gasteiger partial charge < -0.3 is 27.0 Å². The Kier molecular flexibility index (Phi) is 9.60. The van der Waals surface area contributed by atoms with Crippen molar-refractivity contribution in [2.75, 3.05) is 19.6 Å². The zero-order valence-electron chi connectivity index (χ0n) is 15.3. The maximum absolute atomic E-state index is 12.9. The van der Waals surface area contributed by atoms with Crippen molar-refractivity contribution in [2.24, 2.45) is 11.5 Å². The van der Waals surface area contributed by atoms with Crippen LogP contribution in [0.5, 0.6) is 0 Å². The Labute approximate surface area is 165 Å². The molecule has 0 aromatic heterocycles. The predicted octanol–water partition coefficient (Wildman–Crippen LogP) is 0.736. The summed E-state index contributed by atoms with van der Waals surface area (Å²) in [6.07, 6.45) is 3.16. The molecule has 0 aliphatic carbocycles. The molecular formula is C18H28ClN5O3. The summed E-state index contributed by atoms with van der Waals surface area (Å²) in [6.45, 7) is 1.77. The van der Waals surface area contributed by atoms with E-state index in [0.717, 1.165) is 24.8 Å². The smallest absolute Gasteiger partial charge is 0.312 e. The number of carbonyl (C=O) groups is 3. The molecule has 9 heteroatoms. The molecule has 2 rings (SSSR count). The van der Waals surface area contributed by atoms with E-state index < -0.39 is 6.03 Å². The molecule has 0 radical (unpaired) electrons. The minimum atomic E-state index is -0.585. The molecule has 0 bridgehead atoms. The number of amides is 4. The molecule has 1 atom stereocenters. The summed E-state index contributed by atoms with van der Waals surface area (Å²) in [7, 11) is 0. The summed E-state index contributed by atoms with van der Waals surface area (Å²) in [5.74, 6) is -0.131. The topological polar surface area (TPSA) is 131 Å². The number of nitrogens with two attached hydrogens (primary N) is 2. The molecule has 1 aromatic carbocycles. The number of primary amides is 1. The number of hydrogen-bond acceptors (Lipinski definition) is 4. The van der Waals surface area contributed by atoms with Crippen molar-refractivity contribution in [2.45, 2.75) is 38.3 Å². The maximum atomic E-state index is 12.9. The molecule has 1 saturated heterocycles. The Morgan fingerprint density at radius 2 is 1.81 bits per heavy atom. The Hall–Kier alpha value is -2.32. The van der Waals surface area contributed by atoms with Gasteiger partial charge in [-0.2, -0.15) is 0 Å². The van der Waals surface area contributed by atoms with E-state index >= 15 is 0 Å². The quantitative estimate of drug-likeness (QED) is 0.540. The summed E-state index contributed by atoms with van der Waals surface area (Å²) in [5, 5.41) is 5.37. The van der Waals surface area contributed by atoms with E-state index in [1.807, 2.05) is 4.90 Å². The van der Waals surface area contributed by atoms with Crippen LogP contribution >= 0.6 is 12.4 Å². The van der Waals surface area contributed by atoms with Gasteiger partial charge in [-0.3, -0.25) is 9.59 Å². The number of piperidine rings is 1. The molecule has 8 nitrogen and oxygen atoms in total. The molecule has 1 heterocycles. The van der Waals surface area contributed by atoms with Crippen LogP contribution in [-0.2, 0) is 11.3 Å². The van der Waals surface area contributed by atoms with E-state index in [9.17, 15) is 14.4 Å². The third kappa shape index (κ3) is 7.07. The van der Waals surface area contributed by atoms with Gasteiger partial charge in [0, 0.05) is 44.2 Å². The highest BCUT2D eigenvalue weighted by Crippen LogP contribution is 2.19. The minimum absolute atomic E-state index is 0. The zero-order valence-corrected chi connectivity index (χ0v) is 16.1. The van der Waals surface area contributed by atoms with Crippen molar-refractivity contribution >= 4 is 30.3 Å². The predicted molar refractivity (Wildman–Crippen MR) is 105 cm³/mol. The van der Waals surface area contributed by atoms with Crippen LogP contribution in [0.25, 0.3) is 0 Å². The number of halogens is 1. The van der Waals surface area contributed by atoms with Crippen molar-refractivity contribution < 1.29 is 14.4 Å². The number of carbonyl (C=O) groups excluding carboxylic acids is 3. The lowest BCUT2D eigenvalue weighted by molar-refractivity contribution is -0.121. The zero-order chi connectivity index (χ0) is 18.9. The fourth-order valence-electron chi connectivity index (χ4n) is 3.05. The number of benzene rings is 1. The monoisotopic (exact) mass is 397 g/mol. The molecule has 1 fully saturated rings. The van der Waals surface area contributed by atoms with Gasteiger partial charge in [0.05, 0.1) is 0 Å². The molecule has 1 aliphatic heterocycles. The van der Waals surface area contributed by atoms with Gasteiger partial charge in [-0.15, -0.1) is 12.4 Å². The third-order valence-electron chi connectivity index (χ3n) is 4.46. The lowest BCUT2D eigenvalue weighted by Gasteiger charge is -2.36. The van der Waals surface area contributed by atoms with Gasteiger partial charge in [0.15, 0.2) is 0 Å². The molecule has 1 unspecified atom stereocenters. The van der Waals surface area contributed by atoms with Gasteiger partial charge in [-0.25, -0.2) is 4.79 Å². The van der Waals surface area contributed by atoms with Crippen LogP contribution < -0.4 is 22.1 Å². The summed E-state index contributed by atoms with van der Waals surface area (Å²) in [5.41, 5.74) is 11.9. The van der Waals surface area contributed by atoms with Gasteiger partial charge in [-0.05, 0) is 37.0 Å². The molecule has 27 heavy (non-hydrogen) atoms. The van der Waals surface area contributed by atoms with E-state index in [2.05, 4.69) is 10.6 Å². The second-order valence-electron chi connectivity index (χ2n) is 6.41. The summed E-state index contributed by atoms with van der Waals surface area (Å²) < 4.78 is 0. The Balaban J connectivity index is 0.00000364. The first kappa shape index (κ1) is 22.7. The van der Waals surface area contributed by atoms with Gasteiger partial charge in [-0.1, -0.05) is 12.1 Å². The Bertz CT molecular complexity index is 638. The third-order valence-corrected chi connectivity index (χ3v) is 4.46. The number of nitrogens with one attached hydrogen (secondary N) is 2. The fraction of sp³-hybridized carbons (Fsp3) is 0.500. The van der Waals surface area contributed by atoms with Crippen LogP contribution in [-0.4, -0.2) is 48.4 Å². The minimum Gasteiger partial charge on any atom is -0.354 e. The van der Waals surface area contributed by atoms with Gasteiger partial charge >= 0.3 is 6.03 Å². The van der Waals surface area contributed by atoms with E-state index in [4.69, 9.17) is 11.5 Å². The molecule has 0 saturated carbocycles. The van der Waals surface area contributed by atoms with E-state index in [1.165, 1.54) is 0 Å². The SMILES string of the molecule is Cl.NCCC(=O)NCC1CCCCN1C(=O)c1ccc(CNC(N)=O)cc1. The lowest BCUT2D eigenvalue weighted by Crippen LogP contribution is -2.49. The standard InChI is InChI=1S/C18H27N5O3.ClH/c19-9-8-16(24)21-12-15-3-1-2-10-23(15)17(25)14-6-4-13(5-7-14)11-22-18(20)26;/h4-7,15H,1-3,8-12,19H2,(H,21,24)(H3,20,22,26);1H. The average molecular weight is 398 g/mol. The van der Waals surface area contributed by atoms with Crippen LogP contribution in [0.4, 0.5) is 4.79 Å². The molecule has 1 aromatic rings. The normalized spacial score (nSPS) is 16.2. The number of urea groups is 1. The fourth-order valence-corrected chi connectivity index (χ4v) is 3.05. The highest BCUT2D eigenvalue weighted by Gasteiger charge is 2.27. The highest BCUT2D eigenvalue weighted by atomic mass is 35.5. The largest absolute Gasteiger partial charge is 0.354 e. The molecule has 150 valence electrons. The number of rotatable bonds is 7. The van der Waals surface area contributed by atoms with Crippen molar-refractivity contribution in [1.82, 2.24) is 15.5 Å². The van der Waals surface area contributed by atoms with Crippen LogP contribution in [0.15, 0.2) is 24.3 Å². The average Bonchev–Trinajstić information content (AvgIpc) is 2.65. The Morgan fingerprint density at radius 1 is 1.11 bits per heavy atom. The van der Waals surface area contributed by atoms with Gasteiger partial charge in [0.1, 0.15) is 0 Å². The van der Waals surface area contributed by atoms with Gasteiger partial charge in [0.2, 0.25) is 5.91 Å². The summed E-state index contributed by atoms with van der Waals surface area (Å²) >= 11 is 0. The molecule has 4 amide bonds. The first-order chi connectivity index (χ1) is 12.5. The second-order valence-corrected chi connectivity index (χ2v) is 6.41. The maximum Gasteiger partial charge on any atom is 0.312 e. The molecule has 6 N–H and O–H groups in total. The van der Waals surface area contributed by atoms with Crippen molar-refractivity contribution in [3.8, 4) is 0 Å².